The normalized spacial score (nSPS) is 17.2. The molecule has 9 nitrogen and oxygen atoms in total. The maximum atomic E-state index is 12.5. The molecule has 1 aliphatic heterocycles. The number of amides is 1. The Labute approximate surface area is 191 Å². The molecule has 1 N–H and O–H groups in total. The molecule has 4 rings (SSSR count). The van der Waals surface area contributed by atoms with E-state index in [1.165, 1.54) is 36.6 Å². The van der Waals surface area contributed by atoms with Gasteiger partial charge in [0, 0.05) is 29.7 Å². The lowest BCUT2D eigenvalue weighted by Crippen LogP contribution is -2.45. The van der Waals surface area contributed by atoms with Crippen molar-refractivity contribution in [2.75, 3.05) is 19.1 Å². The van der Waals surface area contributed by atoms with Gasteiger partial charge in [-0.25, -0.2) is 5.43 Å². The summed E-state index contributed by atoms with van der Waals surface area (Å²) in [6, 6.07) is 10.1. The Morgan fingerprint density at radius 3 is 2.79 bits per heavy atom. The molecule has 172 valence electrons. The quantitative estimate of drug-likeness (QED) is 0.338. The maximum absolute atomic E-state index is 12.5. The SMILES string of the molecule is COc1cc([N+](=O)[O-])cc2cc(C(=O)N/N=C\c3ccc4c(c3)C(C)CC(C)(C)N4C)oc12. The van der Waals surface area contributed by atoms with E-state index in [9.17, 15) is 14.9 Å². The number of nitro groups is 1. The number of nitro benzene ring substituents is 1. The minimum Gasteiger partial charge on any atom is -0.493 e. The van der Waals surface area contributed by atoms with Crippen molar-refractivity contribution in [1.82, 2.24) is 5.43 Å². The van der Waals surface area contributed by atoms with Crippen molar-refractivity contribution >= 4 is 34.5 Å². The molecule has 1 amide bonds. The molecule has 0 radical (unpaired) electrons. The Balaban J connectivity index is 1.52. The zero-order valence-corrected chi connectivity index (χ0v) is 19.2. The van der Waals surface area contributed by atoms with Crippen LogP contribution in [0.25, 0.3) is 11.0 Å². The van der Waals surface area contributed by atoms with Gasteiger partial charge >= 0.3 is 5.91 Å². The van der Waals surface area contributed by atoms with Crippen molar-refractivity contribution in [2.45, 2.75) is 38.6 Å². The van der Waals surface area contributed by atoms with Crippen molar-refractivity contribution in [3.8, 4) is 5.75 Å². The first-order valence-corrected chi connectivity index (χ1v) is 10.6. The molecule has 1 aromatic heterocycles. The van der Waals surface area contributed by atoms with Crippen LogP contribution in [0.3, 0.4) is 0 Å². The van der Waals surface area contributed by atoms with Gasteiger partial charge in [-0.05, 0) is 55.5 Å². The molecule has 2 aromatic carbocycles. The summed E-state index contributed by atoms with van der Waals surface area (Å²) >= 11 is 0. The van der Waals surface area contributed by atoms with Gasteiger partial charge in [0.25, 0.3) is 5.69 Å². The van der Waals surface area contributed by atoms with Crippen LogP contribution in [0.2, 0.25) is 0 Å². The molecular formula is C24H26N4O5. The topological polar surface area (TPSA) is 110 Å². The zero-order valence-electron chi connectivity index (χ0n) is 19.2. The third kappa shape index (κ3) is 4.13. The van der Waals surface area contributed by atoms with E-state index in [2.05, 4.69) is 55.4 Å². The smallest absolute Gasteiger partial charge is 0.307 e. The summed E-state index contributed by atoms with van der Waals surface area (Å²) in [7, 11) is 3.49. The van der Waals surface area contributed by atoms with Gasteiger partial charge in [0.1, 0.15) is 0 Å². The van der Waals surface area contributed by atoms with E-state index < -0.39 is 10.8 Å². The second kappa shape index (κ2) is 8.23. The lowest BCUT2D eigenvalue weighted by molar-refractivity contribution is -0.384. The van der Waals surface area contributed by atoms with Crippen LogP contribution in [0.5, 0.6) is 5.75 Å². The summed E-state index contributed by atoms with van der Waals surface area (Å²) in [5.41, 5.74) is 5.96. The van der Waals surface area contributed by atoms with Gasteiger partial charge in [-0.1, -0.05) is 13.0 Å². The van der Waals surface area contributed by atoms with Gasteiger partial charge < -0.3 is 14.1 Å². The van der Waals surface area contributed by atoms with Crippen LogP contribution in [0, 0.1) is 10.1 Å². The highest BCUT2D eigenvalue weighted by molar-refractivity contribution is 5.98. The highest BCUT2D eigenvalue weighted by Crippen LogP contribution is 2.42. The highest BCUT2D eigenvalue weighted by atomic mass is 16.6. The van der Waals surface area contributed by atoms with Gasteiger partial charge in [0.15, 0.2) is 17.1 Å². The fourth-order valence-corrected chi connectivity index (χ4v) is 4.37. The number of non-ortho nitro benzene ring substituents is 1. The fourth-order valence-electron chi connectivity index (χ4n) is 4.37. The van der Waals surface area contributed by atoms with Crippen molar-refractivity contribution in [3.63, 3.8) is 0 Å². The Bertz CT molecular complexity index is 1280. The summed E-state index contributed by atoms with van der Waals surface area (Å²) in [5.74, 6) is -0.00867. The minimum atomic E-state index is -0.569. The number of hydrazone groups is 1. The number of carbonyl (C=O) groups is 1. The van der Waals surface area contributed by atoms with E-state index in [1.807, 2.05) is 6.07 Å². The monoisotopic (exact) mass is 450 g/mol. The number of benzene rings is 2. The summed E-state index contributed by atoms with van der Waals surface area (Å²) in [4.78, 5) is 25.4. The number of rotatable bonds is 5. The lowest BCUT2D eigenvalue weighted by Gasteiger charge is -2.45. The molecule has 9 heteroatoms. The van der Waals surface area contributed by atoms with Crippen molar-refractivity contribution < 1.29 is 18.9 Å². The second-order valence-electron chi connectivity index (χ2n) is 8.93. The molecule has 1 atom stereocenters. The summed E-state index contributed by atoms with van der Waals surface area (Å²) < 4.78 is 10.7. The number of hydrogen-bond donors (Lipinski definition) is 1. The number of furan rings is 1. The molecule has 0 bridgehead atoms. The number of anilines is 1. The first-order valence-electron chi connectivity index (χ1n) is 10.6. The van der Waals surface area contributed by atoms with Crippen LogP contribution in [0.1, 0.15) is 54.8 Å². The maximum Gasteiger partial charge on any atom is 0.307 e. The number of carbonyl (C=O) groups excluding carboxylic acids is 1. The van der Waals surface area contributed by atoms with Gasteiger partial charge in [0.05, 0.1) is 24.3 Å². The Hall–Kier alpha value is -3.88. The van der Waals surface area contributed by atoms with Crippen molar-refractivity contribution in [1.29, 1.82) is 0 Å². The third-order valence-corrected chi connectivity index (χ3v) is 6.26. The van der Waals surface area contributed by atoms with E-state index in [-0.39, 0.29) is 28.3 Å². The predicted octanol–water partition coefficient (Wildman–Crippen LogP) is 4.84. The van der Waals surface area contributed by atoms with Crippen LogP contribution >= 0.6 is 0 Å². The molecule has 2 heterocycles. The van der Waals surface area contributed by atoms with Gasteiger partial charge in [-0.15, -0.1) is 0 Å². The van der Waals surface area contributed by atoms with Crippen LogP contribution in [-0.2, 0) is 0 Å². The van der Waals surface area contributed by atoms with Crippen LogP contribution in [0.4, 0.5) is 11.4 Å². The molecule has 0 spiro atoms. The van der Waals surface area contributed by atoms with Crippen molar-refractivity contribution in [2.24, 2.45) is 5.10 Å². The summed E-state index contributed by atoms with van der Waals surface area (Å²) in [6.45, 7) is 6.70. The number of fused-ring (bicyclic) bond motifs is 2. The number of nitrogens with one attached hydrogen (secondary N) is 1. The van der Waals surface area contributed by atoms with E-state index in [0.717, 1.165) is 12.0 Å². The molecule has 0 fully saturated rings. The average molecular weight is 450 g/mol. The first-order chi connectivity index (χ1) is 15.6. The Kier molecular flexibility index (Phi) is 5.57. The molecular weight excluding hydrogens is 424 g/mol. The Morgan fingerprint density at radius 1 is 1.33 bits per heavy atom. The van der Waals surface area contributed by atoms with E-state index in [0.29, 0.717) is 11.3 Å². The molecule has 33 heavy (non-hydrogen) atoms. The highest BCUT2D eigenvalue weighted by Gasteiger charge is 2.33. The molecule has 1 aliphatic rings. The number of ether oxygens (including phenoxy) is 1. The fraction of sp³-hybridized carbons (Fsp3) is 0.333. The molecule has 1 unspecified atom stereocenters. The number of nitrogens with zero attached hydrogens (tertiary/aromatic N) is 3. The molecule has 0 saturated carbocycles. The molecule has 3 aromatic rings. The lowest BCUT2D eigenvalue weighted by atomic mass is 9.80. The van der Waals surface area contributed by atoms with Crippen LogP contribution in [-0.4, -0.2) is 36.7 Å². The molecule has 0 saturated heterocycles. The largest absolute Gasteiger partial charge is 0.493 e. The van der Waals surface area contributed by atoms with Gasteiger partial charge in [-0.3, -0.25) is 14.9 Å². The summed E-state index contributed by atoms with van der Waals surface area (Å²) in [5, 5.41) is 15.6. The van der Waals surface area contributed by atoms with E-state index in [4.69, 9.17) is 9.15 Å². The number of hydrogen-bond acceptors (Lipinski definition) is 7. The van der Waals surface area contributed by atoms with E-state index >= 15 is 0 Å². The summed E-state index contributed by atoms with van der Waals surface area (Å²) in [6.07, 6.45) is 2.63. The van der Waals surface area contributed by atoms with Crippen LogP contribution in [0.15, 0.2) is 45.9 Å². The van der Waals surface area contributed by atoms with E-state index in [1.54, 1.807) is 6.21 Å². The zero-order chi connectivity index (χ0) is 23.9. The van der Waals surface area contributed by atoms with Gasteiger partial charge in [0.2, 0.25) is 0 Å². The standard InChI is InChI=1S/C24H26N4O5/c1-14-12-24(2,3)27(4)19-7-6-15(8-18(14)19)13-25-26-23(29)21-10-16-9-17(28(30)31)11-20(32-5)22(16)33-21/h6-11,13-14H,12H2,1-5H3,(H,26,29)/b25-13-. The number of methoxy groups -OCH3 is 1. The van der Waals surface area contributed by atoms with Crippen LogP contribution < -0.4 is 15.1 Å². The average Bonchev–Trinajstić information content (AvgIpc) is 3.21. The third-order valence-electron chi connectivity index (χ3n) is 6.26. The predicted molar refractivity (Wildman–Crippen MR) is 126 cm³/mol. The van der Waals surface area contributed by atoms with Crippen molar-refractivity contribution in [3.05, 3.63) is 63.4 Å². The minimum absolute atomic E-state index is 0.0242. The Morgan fingerprint density at radius 2 is 2.09 bits per heavy atom. The second-order valence-corrected chi connectivity index (χ2v) is 8.93. The molecule has 0 aliphatic carbocycles. The first kappa shape index (κ1) is 22.3. The van der Waals surface area contributed by atoms with Gasteiger partial charge in [-0.2, -0.15) is 5.10 Å².